The van der Waals surface area contributed by atoms with Gasteiger partial charge in [-0.05, 0) is 44.5 Å². The molecule has 2 atom stereocenters. The van der Waals surface area contributed by atoms with Crippen LogP contribution in [0.3, 0.4) is 0 Å². The van der Waals surface area contributed by atoms with Gasteiger partial charge in [0.1, 0.15) is 12.4 Å². The fraction of sp³-hybridized carbons (Fsp3) is 0.588. The van der Waals surface area contributed by atoms with Crippen LogP contribution in [0, 0.1) is 0 Å². The van der Waals surface area contributed by atoms with Crippen LogP contribution in [0.4, 0.5) is 0 Å². The maximum absolute atomic E-state index is 11.4. The molecule has 1 aliphatic heterocycles. The maximum atomic E-state index is 11.4. The number of carbonyl (C=O) groups is 1. The average Bonchev–Trinajstić information content (AvgIpc) is 2.55. The molecule has 0 unspecified atom stereocenters. The minimum absolute atomic E-state index is 0.199. The topological polar surface area (TPSA) is 59.0 Å². The van der Waals surface area contributed by atoms with Gasteiger partial charge in [-0.3, -0.25) is 4.90 Å². The van der Waals surface area contributed by atoms with E-state index in [4.69, 9.17) is 16.3 Å². The largest absolute Gasteiger partial charge is 0.491 e. The minimum atomic E-state index is -0.424. The minimum Gasteiger partial charge on any atom is -0.491 e. The molecule has 0 spiro atoms. The first-order chi connectivity index (χ1) is 11.0. The van der Waals surface area contributed by atoms with Crippen LogP contribution in [-0.2, 0) is 4.74 Å². The molecule has 6 heteroatoms. The Morgan fingerprint density at radius 2 is 2.26 bits per heavy atom. The van der Waals surface area contributed by atoms with E-state index in [2.05, 4.69) is 9.64 Å². The van der Waals surface area contributed by atoms with Gasteiger partial charge in [-0.1, -0.05) is 18.0 Å². The van der Waals surface area contributed by atoms with Gasteiger partial charge in [-0.2, -0.15) is 0 Å². The molecule has 1 aromatic carbocycles. The molecular formula is C17H24ClNO4. The number of benzene rings is 1. The van der Waals surface area contributed by atoms with Crippen LogP contribution >= 0.6 is 11.6 Å². The molecule has 0 amide bonds. The van der Waals surface area contributed by atoms with Crippen molar-refractivity contribution in [3.63, 3.8) is 0 Å². The van der Waals surface area contributed by atoms with Crippen molar-refractivity contribution in [2.24, 2.45) is 0 Å². The molecule has 1 aliphatic rings. The predicted octanol–water partition coefficient (Wildman–Crippen LogP) is 2.74. The number of aliphatic hydroxyl groups excluding tert-OH is 1. The summed E-state index contributed by atoms with van der Waals surface area (Å²) in [5, 5.41) is 10.3. The summed E-state index contributed by atoms with van der Waals surface area (Å²) >= 11 is 6.14. The van der Waals surface area contributed by atoms with Crippen LogP contribution in [0.15, 0.2) is 18.2 Å². The Morgan fingerprint density at radius 3 is 2.91 bits per heavy atom. The quantitative estimate of drug-likeness (QED) is 0.806. The zero-order chi connectivity index (χ0) is 16.8. The zero-order valence-electron chi connectivity index (χ0n) is 13.6. The van der Waals surface area contributed by atoms with E-state index in [-0.39, 0.29) is 12.1 Å². The molecule has 0 aliphatic carbocycles. The van der Waals surface area contributed by atoms with Crippen molar-refractivity contribution in [2.75, 3.05) is 26.8 Å². The van der Waals surface area contributed by atoms with Gasteiger partial charge < -0.3 is 14.6 Å². The van der Waals surface area contributed by atoms with E-state index in [1.165, 1.54) is 7.11 Å². The van der Waals surface area contributed by atoms with Crippen molar-refractivity contribution in [3.05, 3.63) is 28.8 Å². The monoisotopic (exact) mass is 341 g/mol. The molecule has 0 bridgehead atoms. The third kappa shape index (κ3) is 4.83. The van der Waals surface area contributed by atoms with Gasteiger partial charge in [-0.15, -0.1) is 0 Å². The SMILES string of the molecule is COC(=O)c1ccc(OCCN2CCCC[C@@H]2[C@H](C)O)c(Cl)c1. The molecule has 1 N–H and O–H groups in total. The summed E-state index contributed by atoms with van der Waals surface area (Å²) in [4.78, 5) is 13.7. The molecule has 0 radical (unpaired) electrons. The normalized spacial score (nSPS) is 20.1. The lowest BCUT2D eigenvalue weighted by molar-refractivity contribution is 0.0293. The standard InChI is InChI=1S/C17H24ClNO4/c1-12(20)15-5-3-4-8-19(15)9-10-23-16-7-6-13(11-14(16)18)17(21)22-2/h6-7,11-12,15,20H,3-5,8-10H2,1-2H3/t12-,15+/m0/s1. The zero-order valence-corrected chi connectivity index (χ0v) is 14.4. The number of likely N-dealkylation sites (tertiary alicyclic amines) is 1. The van der Waals surface area contributed by atoms with E-state index in [1.807, 2.05) is 6.92 Å². The third-order valence-electron chi connectivity index (χ3n) is 4.21. The second-order valence-electron chi connectivity index (χ2n) is 5.82. The van der Waals surface area contributed by atoms with Crippen molar-refractivity contribution >= 4 is 17.6 Å². The Kier molecular flexibility index (Phi) is 6.69. The third-order valence-corrected chi connectivity index (χ3v) is 4.51. The summed E-state index contributed by atoms with van der Waals surface area (Å²) in [7, 11) is 1.33. The Bertz CT molecular complexity index is 535. The van der Waals surface area contributed by atoms with Gasteiger partial charge in [0.2, 0.25) is 0 Å². The second-order valence-corrected chi connectivity index (χ2v) is 6.23. The number of esters is 1. The van der Waals surface area contributed by atoms with Crippen LogP contribution in [-0.4, -0.2) is 54.9 Å². The smallest absolute Gasteiger partial charge is 0.337 e. The highest BCUT2D eigenvalue weighted by atomic mass is 35.5. The predicted molar refractivity (Wildman–Crippen MR) is 89.2 cm³/mol. The van der Waals surface area contributed by atoms with Crippen molar-refractivity contribution < 1.29 is 19.4 Å². The van der Waals surface area contributed by atoms with Crippen LogP contribution < -0.4 is 4.74 Å². The Hall–Kier alpha value is -1.30. The number of carbonyl (C=O) groups excluding carboxylic acids is 1. The lowest BCUT2D eigenvalue weighted by atomic mass is 9.98. The highest BCUT2D eigenvalue weighted by molar-refractivity contribution is 6.32. The Labute approximate surface area is 142 Å². The van der Waals surface area contributed by atoms with Gasteiger partial charge in [0, 0.05) is 12.6 Å². The Morgan fingerprint density at radius 1 is 1.48 bits per heavy atom. The summed E-state index contributed by atoms with van der Waals surface area (Å²) in [5.74, 6) is 0.122. The molecular weight excluding hydrogens is 318 g/mol. The number of aliphatic hydroxyl groups is 1. The van der Waals surface area contributed by atoms with Gasteiger partial charge in [0.25, 0.3) is 0 Å². The van der Waals surface area contributed by atoms with Crippen LogP contribution in [0.1, 0.15) is 36.5 Å². The molecule has 1 fully saturated rings. The average molecular weight is 342 g/mol. The van der Waals surface area contributed by atoms with Crippen molar-refractivity contribution in [3.8, 4) is 5.75 Å². The van der Waals surface area contributed by atoms with Gasteiger partial charge in [-0.25, -0.2) is 4.79 Å². The van der Waals surface area contributed by atoms with Gasteiger partial charge in [0.15, 0.2) is 0 Å². The van der Waals surface area contributed by atoms with E-state index in [0.717, 1.165) is 32.4 Å². The maximum Gasteiger partial charge on any atom is 0.337 e. The molecule has 1 heterocycles. The number of nitrogens with zero attached hydrogens (tertiary/aromatic N) is 1. The molecule has 1 saturated heterocycles. The van der Waals surface area contributed by atoms with Gasteiger partial charge >= 0.3 is 5.97 Å². The number of hydrogen-bond donors (Lipinski definition) is 1. The Balaban J connectivity index is 1.89. The number of halogens is 1. The van der Waals surface area contributed by atoms with E-state index in [0.29, 0.717) is 22.9 Å². The van der Waals surface area contributed by atoms with Crippen molar-refractivity contribution in [1.29, 1.82) is 0 Å². The van der Waals surface area contributed by atoms with E-state index >= 15 is 0 Å². The molecule has 2 rings (SSSR count). The summed E-state index contributed by atoms with van der Waals surface area (Å²) in [6.45, 7) is 4.05. The lowest BCUT2D eigenvalue weighted by Gasteiger charge is -2.37. The number of hydrogen-bond acceptors (Lipinski definition) is 5. The summed E-state index contributed by atoms with van der Waals surface area (Å²) in [6.07, 6.45) is 3.00. The first kappa shape index (κ1) is 18.0. The molecule has 5 nitrogen and oxygen atoms in total. The summed E-state index contributed by atoms with van der Waals surface area (Å²) < 4.78 is 10.4. The van der Waals surface area contributed by atoms with Crippen LogP contribution in [0.2, 0.25) is 5.02 Å². The van der Waals surface area contributed by atoms with Crippen LogP contribution in [0.25, 0.3) is 0 Å². The number of methoxy groups -OCH3 is 1. The number of rotatable bonds is 6. The van der Waals surface area contributed by atoms with Crippen molar-refractivity contribution in [1.82, 2.24) is 4.90 Å². The van der Waals surface area contributed by atoms with E-state index < -0.39 is 5.97 Å². The first-order valence-corrected chi connectivity index (χ1v) is 8.33. The van der Waals surface area contributed by atoms with E-state index in [1.54, 1.807) is 18.2 Å². The van der Waals surface area contributed by atoms with E-state index in [9.17, 15) is 9.90 Å². The highest BCUT2D eigenvalue weighted by Crippen LogP contribution is 2.26. The molecule has 128 valence electrons. The van der Waals surface area contributed by atoms with Gasteiger partial charge in [0.05, 0.1) is 23.8 Å². The fourth-order valence-electron chi connectivity index (χ4n) is 2.98. The second kappa shape index (κ2) is 8.52. The number of piperidine rings is 1. The summed E-state index contributed by atoms with van der Waals surface area (Å²) in [5.41, 5.74) is 0.398. The molecule has 23 heavy (non-hydrogen) atoms. The number of ether oxygens (including phenoxy) is 2. The summed E-state index contributed by atoms with van der Waals surface area (Å²) in [6, 6.07) is 5.05. The molecule has 0 saturated carbocycles. The fourth-order valence-corrected chi connectivity index (χ4v) is 3.21. The highest BCUT2D eigenvalue weighted by Gasteiger charge is 2.25. The lowest BCUT2D eigenvalue weighted by Crippen LogP contribution is -2.47. The molecule has 0 aromatic heterocycles. The molecule has 1 aromatic rings. The van der Waals surface area contributed by atoms with Crippen LogP contribution in [0.5, 0.6) is 5.75 Å². The first-order valence-electron chi connectivity index (χ1n) is 7.95. The van der Waals surface area contributed by atoms with Crippen molar-refractivity contribution in [2.45, 2.75) is 38.3 Å².